The van der Waals surface area contributed by atoms with Crippen molar-refractivity contribution in [3.05, 3.63) is 28.3 Å². The lowest BCUT2D eigenvalue weighted by Crippen LogP contribution is -2.15. The zero-order chi connectivity index (χ0) is 14.7. The first kappa shape index (κ1) is 14.2. The summed E-state index contributed by atoms with van der Waals surface area (Å²) in [6, 6.07) is 5.38. The molecule has 0 amide bonds. The van der Waals surface area contributed by atoms with Crippen LogP contribution in [0.15, 0.2) is 18.2 Å². The van der Waals surface area contributed by atoms with Crippen LogP contribution in [0.5, 0.6) is 5.75 Å². The third-order valence-electron chi connectivity index (χ3n) is 4.37. The van der Waals surface area contributed by atoms with Crippen LogP contribution in [0.3, 0.4) is 0 Å². The molecule has 5 heteroatoms. The van der Waals surface area contributed by atoms with E-state index in [0.29, 0.717) is 18.3 Å². The summed E-state index contributed by atoms with van der Waals surface area (Å²) in [6.07, 6.45) is 8.29. The van der Waals surface area contributed by atoms with E-state index in [-0.39, 0.29) is 10.6 Å². The lowest BCUT2D eigenvalue weighted by atomic mass is 10.2. The molecular weight excluding hydrogens is 268 g/mol. The van der Waals surface area contributed by atoms with E-state index in [1.807, 2.05) is 0 Å². The van der Waals surface area contributed by atoms with Gasteiger partial charge in [-0.3, -0.25) is 10.1 Å². The first-order valence-electron chi connectivity index (χ1n) is 7.90. The van der Waals surface area contributed by atoms with E-state index in [9.17, 15) is 10.1 Å². The van der Waals surface area contributed by atoms with Gasteiger partial charge in [0.05, 0.1) is 11.5 Å². The molecule has 0 spiro atoms. The van der Waals surface area contributed by atoms with Crippen LogP contribution in [0, 0.1) is 16.0 Å². The lowest BCUT2D eigenvalue weighted by molar-refractivity contribution is -0.384. The Kier molecular flexibility index (Phi) is 4.27. The molecule has 0 bridgehead atoms. The minimum Gasteiger partial charge on any atom is -0.494 e. The van der Waals surface area contributed by atoms with Crippen LogP contribution in [-0.2, 0) is 0 Å². The smallest absolute Gasteiger partial charge is 0.292 e. The number of hydrogen-bond donors (Lipinski definition) is 1. The zero-order valence-corrected chi connectivity index (χ0v) is 12.2. The van der Waals surface area contributed by atoms with Gasteiger partial charge in [0.25, 0.3) is 5.69 Å². The molecule has 2 fully saturated rings. The molecule has 2 aliphatic rings. The molecule has 1 aromatic rings. The number of nitrogens with one attached hydrogen (secondary N) is 1. The molecule has 0 aromatic heterocycles. The Hall–Kier alpha value is -1.78. The van der Waals surface area contributed by atoms with Crippen molar-refractivity contribution in [3.8, 4) is 5.75 Å². The highest BCUT2D eigenvalue weighted by Crippen LogP contribution is 2.34. The van der Waals surface area contributed by atoms with Gasteiger partial charge in [0, 0.05) is 18.2 Å². The monoisotopic (exact) mass is 290 g/mol. The fraction of sp³-hybridized carbons (Fsp3) is 0.625. The second kappa shape index (κ2) is 6.33. The van der Waals surface area contributed by atoms with Crippen molar-refractivity contribution >= 4 is 11.4 Å². The van der Waals surface area contributed by atoms with Gasteiger partial charge >= 0.3 is 0 Å². The highest BCUT2D eigenvalue weighted by molar-refractivity contribution is 5.64. The van der Waals surface area contributed by atoms with Gasteiger partial charge in [0.1, 0.15) is 11.4 Å². The number of nitro benzene ring substituents is 1. The predicted octanol–water partition coefficient (Wildman–Crippen LogP) is 4.13. The Bertz CT molecular complexity index is 508. The van der Waals surface area contributed by atoms with Gasteiger partial charge in [-0.25, -0.2) is 0 Å². The summed E-state index contributed by atoms with van der Waals surface area (Å²) in [7, 11) is 0. The maximum atomic E-state index is 11.1. The van der Waals surface area contributed by atoms with E-state index in [2.05, 4.69) is 5.32 Å². The van der Waals surface area contributed by atoms with Crippen molar-refractivity contribution in [2.45, 2.75) is 51.0 Å². The van der Waals surface area contributed by atoms with Gasteiger partial charge in [-0.05, 0) is 31.2 Å². The molecule has 1 aromatic carbocycles. The molecule has 3 rings (SSSR count). The second-order valence-electron chi connectivity index (χ2n) is 6.14. The molecule has 1 N–H and O–H groups in total. The molecule has 114 valence electrons. The molecule has 0 heterocycles. The number of ether oxygens (including phenoxy) is 1. The molecule has 0 radical (unpaired) electrons. The summed E-state index contributed by atoms with van der Waals surface area (Å²) in [4.78, 5) is 10.8. The van der Waals surface area contributed by atoms with Crippen LogP contribution >= 0.6 is 0 Å². The first-order valence-corrected chi connectivity index (χ1v) is 7.90. The molecular formula is C16H22N2O3. The van der Waals surface area contributed by atoms with Crippen molar-refractivity contribution in [1.82, 2.24) is 0 Å². The molecule has 0 atom stereocenters. The van der Waals surface area contributed by atoms with E-state index in [1.165, 1.54) is 25.7 Å². The quantitative estimate of drug-likeness (QED) is 0.606. The Balaban J connectivity index is 1.67. The molecule has 2 saturated carbocycles. The Morgan fingerprint density at radius 3 is 2.67 bits per heavy atom. The topological polar surface area (TPSA) is 64.4 Å². The van der Waals surface area contributed by atoms with Gasteiger partial charge in [0.2, 0.25) is 0 Å². The van der Waals surface area contributed by atoms with Crippen LogP contribution in [0.2, 0.25) is 0 Å². The van der Waals surface area contributed by atoms with Gasteiger partial charge in [0.15, 0.2) is 0 Å². The number of nitro groups is 1. The van der Waals surface area contributed by atoms with E-state index in [1.54, 1.807) is 18.2 Å². The van der Waals surface area contributed by atoms with E-state index >= 15 is 0 Å². The Labute approximate surface area is 124 Å². The first-order chi connectivity index (χ1) is 10.2. The molecule has 21 heavy (non-hydrogen) atoms. The molecule has 5 nitrogen and oxygen atoms in total. The average molecular weight is 290 g/mol. The van der Waals surface area contributed by atoms with Gasteiger partial charge in [-0.1, -0.05) is 25.7 Å². The third-order valence-corrected chi connectivity index (χ3v) is 4.37. The summed E-state index contributed by atoms with van der Waals surface area (Å²) in [5.74, 6) is 1.56. The largest absolute Gasteiger partial charge is 0.494 e. The molecule has 2 aliphatic carbocycles. The maximum Gasteiger partial charge on any atom is 0.292 e. The van der Waals surface area contributed by atoms with Crippen molar-refractivity contribution in [1.29, 1.82) is 0 Å². The normalized spacial score (nSPS) is 18.7. The highest BCUT2D eigenvalue weighted by Gasteiger charge is 2.22. The van der Waals surface area contributed by atoms with Crippen LogP contribution < -0.4 is 10.1 Å². The van der Waals surface area contributed by atoms with Crippen LogP contribution in [0.25, 0.3) is 0 Å². The number of nitrogens with zero attached hydrogens (tertiary/aromatic N) is 1. The Morgan fingerprint density at radius 2 is 2.00 bits per heavy atom. The summed E-state index contributed by atoms with van der Waals surface area (Å²) in [6.45, 7) is 0.700. The van der Waals surface area contributed by atoms with Crippen molar-refractivity contribution < 1.29 is 9.66 Å². The minimum absolute atomic E-state index is 0.136. The summed E-state index contributed by atoms with van der Waals surface area (Å²) < 4.78 is 5.73. The fourth-order valence-electron chi connectivity index (χ4n) is 2.92. The zero-order valence-electron chi connectivity index (χ0n) is 12.2. The SMILES string of the molecule is O=[N+]([O-])c1ccc(OCCC2CC2)cc1NC1CCCC1. The second-order valence-corrected chi connectivity index (χ2v) is 6.14. The van der Waals surface area contributed by atoms with Gasteiger partial charge < -0.3 is 10.1 Å². The van der Waals surface area contributed by atoms with Crippen molar-refractivity contribution in [3.63, 3.8) is 0 Å². The fourth-order valence-corrected chi connectivity index (χ4v) is 2.92. The van der Waals surface area contributed by atoms with Crippen LogP contribution in [0.1, 0.15) is 44.9 Å². The van der Waals surface area contributed by atoms with Crippen molar-refractivity contribution in [2.24, 2.45) is 5.92 Å². The third kappa shape index (κ3) is 3.86. The van der Waals surface area contributed by atoms with Gasteiger partial charge in [-0.15, -0.1) is 0 Å². The maximum absolute atomic E-state index is 11.1. The van der Waals surface area contributed by atoms with Gasteiger partial charge in [-0.2, -0.15) is 0 Å². The summed E-state index contributed by atoms with van der Waals surface area (Å²) >= 11 is 0. The summed E-state index contributed by atoms with van der Waals surface area (Å²) in [5, 5.41) is 14.5. The lowest BCUT2D eigenvalue weighted by Gasteiger charge is -2.15. The van der Waals surface area contributed by atoms with Crippen LogP contribution in [-0.4, -0.2) is 17.6 Å². The van der Waals surface area contributed by atoms with Crippen LogP contribution in [0.4, 0.5) is 11.4 Å². The average Bonchev–Trinajstić information content (AvgIpc) is 3.14. The number of hydrogen-bond acceptors (Lipinski definition) is 4. The molecule has 0 aliphatic heterocycles. The van der Waals surface area contributed by atoms with E-state index in [4.69, 9.17) is 4.74 Å². The number of benzene rings is 1. The standard InChI is InChI=1S/C16H22N2O3/c19-18(20)16-8-7-14(21-10-9-12-5-6-12)11-15(16)17-13-3-1-2-4-13/h7-8,11-13,17H,1-6,9-10H2. The molecule has 0 saturated heterocycles. The number of rotatable bonds is 7. The summed E-state index contributed by atoms with van der Waals surface area (Å²) in [5.41, 5.74) is 0.729. The Morgan fingerprint density at radius 1 is 1.24 bits per heavy atom. The minimum atomic E-state index is -0.328. The highest BCUT2D eigenvalue weighted by atomic mass is 16.6. The van der Waals surface area contributed by atoms with Crippen molar-refractivity contribution in [2.75, 3.05) is 11.9 Å². The van der Waals surface area contributed by atoms with E-state index in [0.717, 1.165) is 30.9 Å². The predicted molar refractivity (Wildman–Crippen MR) is 81.8 cm³/mol. The number of anilines is 1. The van der Waals surface area contributed by atoms with E-state index < -0.39 is 0 Å². The molecule has 0 unspecified atom stereocenters.